The summed E-state index contributed by atoms with van der Waals surface area (Å²) in [7, 11) is 0. The Bertz CT molecular complexity index is 685. The lowest BCUT2D eigenvalue weighted by atomic mass is 10.1. The summed E-state index contributed by atoms with van der Waals surface area (Å²) in [6, 6.07) is 4.03. The van der Waals surface area contributed by atoms with Gasteiger partial charge in [-0.15, -0.1) is 0 Å². The van der Waals surface area contributed by atoms with E-state index in [2.05, 4.69) is 21.0 Å². The van der Waals surface area contributed by atoms with Crippen LogP contribution < -0.4 is 0 Å². The van der Waals surface area contributed by atoms with Crippen LogP contribution in [-0.4, -0.2) is 15.6 Å². The molecule has 1 heterocycles. The van der Waals surface area contributed by atoms with Gasteiger partial charge in [-0.05, 0) is 47.5 Å². The van der Waals surface area contributed by atoms with E-state index in [1.807, 2.05) is 13.8 Å². The molecule has 0 aliphatic carbocycles. The van der Waals surface area contributed by atoms with Gasteiger partial charge in [-0.1, -0.05) is 18.5 Å². The lowest BCUT2D eigenvalue weighted by Crippen LogP contribution is -2.10. The van der Waals surface area contributed by atoms with Crippen molar-refractivity contribution in [2.45, 2.75) is 33.2 Å². The van der Waals surface area contributed by atoms with Crippen molar-refractivity contribution < 1.29 is 9.18 Å². The zero-order valence-electron chi connectivity index (χ0n) is 11.8. The molecule has 21 heavy (non-hydrogen) atoms. The molecule has 0 amide bonds. The van der Waals surface area contributed by atoms with Crippen LogP contribution in [0.4, 0.5) is 4.39 Å². The van der Waals surface area contributed by atoms with Gasteiger partial charge in [0.15, 0.2) is 5.78 Å². The highest BCUT2D eigenvalue weighted by molar-refractivity contribution is 9.10. The van der Waals surface area contributed by atoms with Crippen molar-refractivity contribution in [1.29, 1.82) is 0 Å². The zero-order chi connectivity index (χ0) is 15.6. The van der Waals surface area contributed by atoms with Crippen molar-refractivity contribution in [2.75, 3.05) is 0 Å². The first-order valence-corrected chi connectivity index (χ1v) is 7.87. The minimum atomic E-state index is -0.386. The summed E-state index contributed by atoms with van der Waals surface area (Å²) < 4.78 is 15.3. The van der Waals surface area contributed by atoms with Crippen LogP contribution >= 0.6 is 27.5 Å². The number of carbonyl (C=O) groups excluding carboxylic acids is 1. The number of ketones is 1. The van der Waals surface area contributed by atoms with Crippen LogP contribution in [0.3, 0.4) is 0 Å². The summed E-state index contributed by atoms with van der Waals surface area (Å²) in [6.07, 6.45) is 0.858. The number of hydrogen-bond acceptors (Lipinski definition) is 2. The molecule has 0 saturated carbocycles. The number of hydrogen-bond donors (Lipinski definition) is 0. The molecule has 112 valence electrons. The van der Waals surface area contributed by atoms with Crippen molar-refractivity contribution in [3.8, 4) is 0 Å². The maximum atomic E-state index is 13.1. The van der Waals surface area contributed by atoms with Crippen LogP contribution in [0.5, 0.6) is 0 Å². The van der Waals surface area contributed by atoms with Crippen LogP contribution in [0.25, 0.3) is 0 Å². The van der Waals surface area contributed by atoms with Crippen LogP contribution in [0.15, 0.2) is 22.7 Å². The molecule has 0 fully saturated rings. The maximum absolute atomic E-state index is 13.1. The number of halogens is 3. The summed E-state index contributed by atoms with van der Waals surface area (Å²) in [5.41, 5.74) is 1.94. The van der Waals surface area contributed by atoms with E-state index in [1.165, 1.54) is 18.2 Å². The van der Waals surface area contributed by atoms with E-state index >= 15 is 0 Å². The van der Waals surface area contributed by atoms with Gasteiger partial charge in [-0.3, -0.25) is 9.48 Å². The van der Waals surface area contributed by atoms with E-state index in [9.17, 15) is 9.18 Å². The number of carbonyl (C=O) groups is 1. The Morgan fingerprint density at radius 3 is 2.71 bits per heavy atom. The van der Waals surface area contributed by atoms with Gasteiger partial charge in [-0.25, -0.2) is 4.39 Å². The first kappa shape index (κ1) is 16.2. The zero-order valence-corrected chi connectivity index (χ0v) is 14.1. The third-order valence-electron chi connectivity index (χ3n) is 3.25. The molecule has 0 aliphatic heterocycles. The fourth-order valence-corrected chi connectivity index (χ4v) is 3.06. The largest absolute Gasteiger partial charge is 0.294 e. The molecule has 2 aromatic rings. The summed E-state index contributed by atoms with van der Waals surface area (Å²) in [6.45, 7) is 4.56. The van der Waals surface area contributed by atoms with Gasteiger partial charge < -0.3 is 0 Å². The Hall–Kier alpha value is -1.20. The van der Waals surface area contributed by atoms with E-state index in [-0.39, 0.29) is 18.0 Å². The van der Waals surface area contributed by atoms with Crippen LogP contribution in [0.2, 0.25) is 5.02 Å². The smallest absolute Gasteiger partial charge is 0.169 e. The molecule has 0 radical (unpaired) electrons. The highest BCUT2D eigenvalue weighted by atomic mass is 79.9. The van der Waals surface area contributed by atoms with Crippen molar-refractivity contribution >= 4 is 33.3 Å². The van der Waals surface area contributed by atoms with Crippen molar-refractivity contribution in [2.24, 2.45) is 0 Å². The number of aryl methyl sites for hydroxylation is 2. The molecular formula is C15H15BrClFN2O. The third kappa shape index (κ3) is 3.35. The molecule has 0 N–H and O–H groups in total. The molecule has 1 aromatic carbocycles. The summed E-state index contributed by atoms with van der Waals surface area (Å²) >= 11 is 9.52. The predicted molar refractivity (Wildman–Crippen MR) is 84.4 cm³/mol. The second-order valence-corrected chi connectivity index (χ2v) is 5.83. The Balaban J connectivity index is 2.33. The predicted octanol–water partition coefficient (Wildman–Crippen LogP) is 4.45. The Kier molecular flexibility index (Phi) is 5.17. The molecule has 2 rings (SSSR count). The average molecular weight is 374 g/mol. The lowest BCUT2D eigenvalue weighted by Gasteiger charge is -2.06. The molecule has 6 heteroatoms. The van der Waals surface area contributed by atoms with Crippen molar-refractivity contribution in [3.05, 3.63) is 50.5 Å². The topological polar surface area (TPSA) is 34.9 Å². The SMILES string of the molecule is CCc1nn(CC)c(CC(=O)c2ccc(F)cc2Br)c1Cl. The molecule has 0 saturated heterocycles. The quantitative estimate of drug-likeness (QED) is 0.726. The van der Waals surface area contributed by atoms with Gasteiger partial charge in [0.2, 0.25) is 0 Å². The summed E-state index contributed by atoms with van der Waals surface area (Å²) in [5, 5.41) is 4.94. The summed E-state index contributed by atoms with van der Waals surface area (Å²) in [5.74, 6) is -0.510. The van der Waals surface area contributed by atoms with Crippen molar-refractivity contribution in [1.82, 2.24) is 9.78 Å². The summed E-state index contributed by atoms with van der Waals surface area (Å²) in [4.78, 5) is 12.4. The fourth-order valence-electron chi connectivity index (χ4n) is 2.15. The van der Waals surface area contributed by atoms with E-state index < -0.39 is 0 Å². The number of Topliss-reactive ketones (excluding diaryl/α,β-unsaturated/α-hetero) is 1. The first-order valence-electron chi connectivity index (χ1n) is 6.70. The molecule has 0 atom stereocenters. The van der Waals surface area contributed by atoms with Gasteiger partial charge in [0.05, 0.1) is 22.8 Å². The standard InChI is InChI=1S/C15H15BrClFN2O/c1-3-12-15(17)13(20(4-2)19-12)8-14(21)10-6-5-9(18)7-11(10)16/h5-7H,3-4,8H2,1-2H3. The van der Waals surface area contributed by atoms with Gasteiger partial charge in [0.25, 0.3) is 0 Å². The number of benzene rings is 1. The fraction of sp³-hybridized carbons (Fsp3) is 0.333. The molecule has 1 aromatic heterocycles. The van der Waals surface area contributed by atoms with E-state index in [4.69, 9.17) is 11.6 Å². The van der Waals surface area contributed by atoms with Crippen molar-refractivity contribution in [3.63, 3.8) is 0 Å². The Morgan fingerprint density at radius 1 is 1.43 bits per heavy atom. The lowest BCUT2D eigenvalue weighted by molar-refractivity contribution is 0.0989. The molecular weight excluding hydrogens is 359 g/mol. The molecule has 0 aliphatic rings. The van der Waals surface area contributed by atoms with E-state index in [0.717, 1.165) is 5.69 Å². The van der Waals surface area contributed by atoms with E-state index in [0.29, 0.717) is 33.7 Å². The number of nitrogens with zero attached hydrogens (tertiary/aromatic N) is 2. The molecule has 0 bridgehead atoms. The Labute approximate surface area is 136 Å². The first-order chi connectivity index (χ1) is 9.97. The normalized spacial score (nSPS) is 10.9. The van der Waals surface area contributed by atoms with Gasteiger partial charge in [0, 0.05) is 16.6 Å². The minimum Gasteiger partial charge on any atom is -0.294 e. The second kappa shape index (κ2) is 6.71. The van der Waals surface area contributed by atoms with E-state index in [1.54, 1.807) is 4.68 Å². The number of rotatable bonds is 5. The van der Waals surface area contributed by atoms with Crippen LogP contribution in [-0.2, 0) is 19.4 Å². The maximum Gasteiger partial charge on any atom is 0.169 e. The Morgan fingerprint density at radius 2 is 2.14 bits per heavy atom. The molecule has 3 nitrogen and oxygen atoms in total. The molecule has 0 unspecified atom stereocenters. The monoisotopic (exact) mass is 372 g/mol. The van der Waals surface area contributed by atoms with Crippen LogP contribution in [0.1, 0.15) is 35.6 Å². The van der Waals surface area contributed by atoms with Crippen LogP contribution in [0, 0.1) is 5.82 Å². The van der Waals surface area contributed by atoms with Gasteiger partial charge in [-0.2, -0.15) is 5.10 Å². The highest BCUT2D eigenvalue weighted by Gasteiger charge is 2.19. The van der Waals surface area contributed by atoms with Gasteiger partial charge in [0.1, 0.15) is 5.82 Å². The average Bonchev–Trinajstić information content (AvgIpc) is 2.75. The highest BCUT2D eigenvalue weighted by Crippen LogP contribution is 2.25. The number of aromatic nitrogens is 2. The minimum absolute atomic E-state index is 0.124. The molecule has 0 spiro atoms. The second-order valence-electron chi connectivity index (χ2n) is 4.60. The van der Waals surface area contributed by atoms with Gasteiger partial charge >= 0.3 is 0 Å². The third-order valence-corrected chi connectivity index (χ3v) is 4.35.